The topological polar surface area (TPSA) is 66.6 Å². The molecule has 0 unspecified atom stereocenters. The van der Waals surface area contributed by atoms with Gasteiger partial charge in [-0.15, -0.1) is 0 Å². The summed E-state index contributed by atoms with van der Waals surface area (Å²) in [7, 11) is 0. The van der Waals surface area contributed by atoms with E-state index in [4.69, 9.17) is 21.7 Å². The van der Waals surface area contributed by atoms with Crippen LogP contribution in [0, 0.1) is 12.7 Å². The first-order valence-electron chi connectivity index (χ1n) is 10.8. The average Bonchev–Trinajstić information content (AvgIpc) is 3.29. The van der Waals surface area contributed by atoms with Crippen molar-refractivity contribution in [3.8, 4) is 11.5 Å². The lowest BCUT2D eigenvalue weighted by atomic mass is 10.1. The number of hydrogen-bond acceptors (Lipinski definition) is 4. The molecule has 1 aliphatic rings. The van der Waals surface area contributed by atoms with Crippen LogP contribution < -0.4 is 20.3 Å². The molecule has 4 aromatic rings. The third kappa shape index (κ3) is 4.58. The normalized spacial score (nSPS) is 12.1. The van der Waals surface area contributed by atoms with E-state index in [1.807, 2.05) is 54.3 Å². The van der Waals surface area contributed by atoms with Crippen molar-refractivity contribution in [1.82, 2.24) is 9.88 Å². The number of fused-ring (bicyclic) bond motifs is 2. The molecule has 34 heavy (non-hydrogen) atoms. The molecule has 1 aromatic heterocycles. The van der Waals surface area contributed by atoms with Crippen molar-refractivity contribution in [2.75, 3.05) is 12.1 Å². The summed E-state index contributed by atoms with van der Waals surface area (Å²) in [6, 6.07) is 19.5. The highest BCUT2D eigenvalue weighted by Gasteiger charge is 2.18. The maximum atomic E-state index is 13.3. The molecule has 8 heteroatoms. The van der Waals surface area contributed by atoms with E-state index in [0.29, 0.717) is 34.4 Å². The third-order valence-electron chi connectivity index (χ3n) is 5.72. The van der Waals surface area contributed by atoms with Gasteiger partial charge in [0.15, 0.2) is 16.6 Å². The zero-order valence-corrected chi connectivity index (χ0v) is 19.2. The van der Waals surface area contributed by atoms with E-state index in [9.17, 15) is 9.18 Å². The highest BCUT2D eigenvalue weighted by Crippen LogP contribution is 2.33. The molecule has 0 saturated heterocycles. The predicted molar refractivity (Wildman–Crippen MR) is 134 cm³/mol. The molecule has 0 amide bonds. The van der Waals surface area contributed by atoms with E-state index in [-0.39, 0.29) is 24.7 Å². The summed E-state index contributed by atoms with van der Waals surface area (Å²) in [5.41, 5.74) is 3.85. The minimum atomic E-state index is -0.327. The van der Waals surface area contributed by atoms with E-state index >= 15 is 0 Å². The molecular weight excluding hydrogens is 453 g/mol. The van der Waals surface area contributed by atoms with Crippen LogP contribution >= 0.6 is 12.2 Å². The first-order valence-corrected chi connectivity index (χ1v) is 11.2. The van der Waals surface area contributed by atoms with Gasteiger partial charge < -0.3 is 24.7 Å². The molecule has 3 aromatic carbocycles. The molecule has 0 spiro atoms. The van der Waals surface area contributed by atoms with Crippen molar-refractivity contribution in [2.24, 2.45) is 0 Å². The Bertz CT molecular complexity index is 1440. The molecule has 6 nitrogen and oxygen atoms in total. The minimum Gasteiger partial charge on any atom is -0.454 e. The number of ether oxygens (including phenoxy) is 2. The van der Waals surface area contributed by atoms with E-state index < -0.39 is 0 Å². The fourth-order valence-electron chi connectivity index (χ4n) is 3.95. The number of nitrogens with one attached hydrogen (secondary N) is 2. The number of H-pyrrole nitrogens is 1. The van der Waals surface area contributed by atoms with Crippen LogP contribution in [-0.2, 0) is 13.1 Å². The lowest BCUT2D eigenvalue weighted by Crippen LogP contribution is -2.35. The number of pyridine rings is 1. The van der Waals surface area contributed by atoms with Crippen molar-refractivity contribution in [1.29, 1.82) is 0 Å². The van der Waals surface area contributed by atoms with Gasteiger partial charge in [-0.2, -0.15) is 0 Å². The lowest BCUT2D eigenvalue weighted by molar-refractivity contribution is 0.174. The molecule has 0 aliphatic carbocycles. The number of aryl methyl sites for hydroxylation is 1. The van der Waals surface area contributed by atoms with Gasteiger partial charge in [0.05, 0.1) is 12.1 Å². The average molecular weight is 476 g/mol. The maximum Gasteiger partial charge on any atom is 0.253 e. The van der Waals surface area contributed by atoms with Gasteiger partial charge >= 0.3 is 0 Å². The van der Waals surface area contributed by atoms with Gasteiger partial charge in [0.1, 0.15) is 5.82 Å². The Morgan fingerprint density at radius 2 is 1.85 bits per heavy atom. The van der Waals surface area contributed by atoms with Gasteiger partial charge in [-0.25, -0.2) is 4.39 Å². The van der Waals surface area contributed by atoms with Crippen molar-refractivity contribution in [2.45, 2.75) is 20.0 Å². The van der Waals surface area contributed by atoms with Crippen LogP contribution in [0.1, 0.15) is 16.7 Å². The molecule has 0 saturated carbocycles. The van der Waals surface area contributed by atoms with Gasteiger partial charge in [-0.3, -0.25) is 4.79 Å². The Balaban J connectivity index is 1.46. The first kappa shape index (κ1) is 21.9. The molecule has 0 atom stereocenters. The zero-order chi connectivity index (χ0) is 23.7. The van der Waals surface area contributed by atoms with Crippen LogP contribution in [0.2, 0.25) is 0 Å². The van der Waals surface area contributed by atoms with E-state index in [1.165, 1.54) is 12.1 Å². The standard InChI is InChI=1S/C26H22FN3O3S/c1-16-3-2-4-18-12-19(25(31)29-24(16)18)14-30(26(34)28-21-8-6-20(27)7-9-21)13-17-5-10-22-23(11-17)33-15-32-22/h2-12H,13-15H2,1H3,(H,28,34)(H,29,31). The monoisotopic (exact) mass is 475 g/mol. The molecule has 0 radical (unpaired) electrons. The molecule has 1 aliphatic heterocycles. The summed E-state index contributed by atoms with van der Waals surface area (Å²) in [5, 5.41) is 4.51. The fraction of sp³-hybridized carbons (Fsp3) is 0.154. The molecule has 5 rings (SSSR count). The number of rotatable bonds is 5. The Morgan fingerprint density at radius 3 is 2.68 bits per heavy atom. The predicted octanol–water partition coefficient (Wildman–Crippen LogP) is 5.10. The van der Waals surface area contributed by atoms with Crippen LogP contribution in [-0.4, -0.2) is 21.8 Å². The summed E-state index contributed by atoms with van der Waals surface area (Å²) >= 11 is 5.70. The number of aromatic nitrogens is 1. The highest BCUT2D eigenvalue weighted by molar-refractivity contribution is 7.80. The van der Waals surface area contributed by atoms with Crippen molar-refractivity contribution >= 4 is 33.9 Å². The highest BCUT2D eigenvalue weighted by atomic mass is 32.1. The van der Waals surface area contributed by atoms with Gasteiger partial charge in [0.25, 0.3) is 5.56 Å². The number of para-hydroxylation sites is 1. The Labute approximate surface area is 200 Å². The maximum absolute atomic E-state index is 13.3. The van der Waals surface area contributed by atoms with Crippen LogP contribution in [0.15, 0.2) is 71.5 Å². The van der Waals surface area contributed by atoms with Crippen LogP contribution in [0.4, 0.5) is 10.1 Å². The molecule has 0 fully saturated rings. The van der Waals surface area contributed by atoms with Gasteiger partial charge in [0.2, 0.25) is 6.79 Å². The summed E-state index contributed by atoms with van der Waals surface area (Å²) in [6.45, 7) is 2.86. The molecule has 2 N–H and O–H groups in total. The summed E-state index contributed by atoms with van der Waals surface area (Å²) in [6.07, 6.45) is 0. The zero-order valence-electron chi connectivity index (χ0n) is 18.4. The first-order chi connectivity index (χ1) is 16.5. The lowest BCUT2D eigenvalue weighted by Gasteiger charge is -2.26. The molecular formula is C26H22FN3O3S. The number of hydrogen-bond donors (Lipinski definition) is 2. The number of anilines is 1. The molecule has 2 heterocycles. The Kier molecular flexibility index (Phi) is 5.90. The molecule has 0 bridgehead atoms. The summed E-state index contributed by atoms with van der Waals surface area (Å²) in [5.74, 6) is 1.05. The van der Waals surface area contributed by atoms with Crippen LogP contribution in [0.5, 0.6) is 11.5 Å². The SMILES string of the molecule is Cc1cccc2cc(CN(Cc3ccc4c(c3)OCO4)C(=S)Nc3ccc(F)cc3)c(=O)[nH]c12. The largest absolute Gasteiger partial charge is 0.454 e. The van der Waals surface area contributed by atoms with E-state index in [2.05, 4.69) is 10.3 Å². The van der Waals surface area contributed by atoms with Gasteiger partial charge in [-0.05, 0) is 78.1 Å². The number of benzene rings is 3. The van der Waals surface area contributed by atoms with Crippen LogP contribution in [0.25, 0.3) is 10.9 Å². The molecule has 172 valence electrons. The second-order valence-corrected chi connectivity index (χ2v) is 8.53. The Hall–Kier alpha value is -3.91. The van der Waals surface area contributed by atoms with Crippen molar-refractivity contribution in [3.63, 3.8) is 0 Å². The fourth-order valence-corrected chi connectivity index (χ4v) is 4.19. The minimum absolute atomic E-state index is 0.165. The number of nitrogens with zero attached hydrogens (tertiary/aromatic N) is 1. The summed E-state index contributed by atoms with van der Waals surface area (Å²) < 4.78 is 24.2. The third-order valence-corrected chi connectivity index (χ3v) is 6.08. The number of thiocarbonyl (C=S) groups is 1. The van der Waals surface area contributed by atoms with Gasteiger partial charge in [0, 0.05) is 17.8 Å². The summed E-state index contributed by atoms with van der Waals surface area (Å²) in [4.78, 5) is 17.8. The second-order valence-electron chi connectivity index (χ2n) is 8.14. The quantitative estimate of drug-likeness (QED) is 0.392. The van der Waals surface area contributed by atoms with Crippen LogP contribution in [0.3, 0.4) is 0 Å². The number of aromatic amines is 1. The second kappa shape index (κ2) is 9.15. The Morgan fingerprint density at radius 1 is 1.06 bits per heavy atom. The van der Waals surface area contributed by atoms with E-state index in [0.717, 1.165) is 22.0 Å². The number of halogens is 1. The van der Waals surface area contributed by atoms with E-state index in [1.54, 1.807) is 12.1 Å². The van der Waals surface area contributed by atoms with Gasteiger partial charge in [-0.1, -0.05) is 24.3 Å². The smallest absolute Gasteiger partial charge is 0.253 e. The van der Waals surface area contributed by atoms with Crippen molar-refractivity contribution < 1.29 is 13.9 Å². The van der Waals surface area contributed by atoms with Crippen molar-refractivity contribution in [3.05, 3.63) is 99.6 Å².